The number of likely N-dealkylation sites (N-methyl/N-ethyl adjacent to an activating group) is 1. The van der Waals surface area contributed by atoms with Gasteiger partial charge in [-0.3, -0.25) is 18.9 Å². The molecule has 10 heteroatoms. The van der Waals surface area contributed by atoms with E-state index in [1.54, 1.807) is 21.6 Å². The third kappa shape index (κ3) is 4.32. The van der Waals surface area contributed by atoms with Crippen molar-refractivity contribution in [3.05, 3.63) is 44.7 Å². The third-order valence-corrected chi connectivity index (χ3v) is 7.80. The summed E-state index contributed by atoms with van der Waals surface area (Å²) >= 11 is 6.74. The Morgan fingerprint density at radius 1 is 1.27 bits per heavy atom. The van der Waals surface area contributed by atoms with E-state index in [4.69, 9.17) is 21.9 Å². The number of fused-ring (bicyclic) bond motifs is 1. The van der Waals surface area contributed by atoms with Crippen LogP contribution in [0, 0.1) is 6.92 Å². The number of piperazine rings is 1. The molecule has 5 rings (SSSR count). The van der Waals surface area contributed by atoms with E-state index < -0.39 is 0 Å². The smallest absolute Gasteiger partial charge is 0.267 e. The zero-order chi connectivity index (χ0) is 23.1. The Hall–Kier alpha value is -2.27. The van der Waals surface area contributed by atoms with Crippen molar-refractivity contribution in [2.75, 3.05) is 51.3 Å². The van der Waals surface area contributed by atoms with E-state index in [0.717, 1.165) is 51.2 Å². The fourth-order valence-corrected chi connectivity index (χ4v) is 5.72. The molecule has 0 radical (unpaired) electrons. The highest BCUT2D eigenvalue weighted by Crippen LogP contribution is 2.34. The number of aromatic nitrogens is 2. The Morgan fingerprint density at radius 3 is 2.79 bits per heavy atom. The van der Waals surface area contributed by atoms with E-state index in [2.05, 4.69) is 16.8 Å². The van der Waals surface area contributed by atoms with Gasteiger partial charge < -0.3 is 14.5 Å². The van der Waals surface area contributed by atoms with Gasteiger partial charge in [-0.05, 0) is 44.5 Å². The molecule has 0 N–H and O–H groups in total. The number of ether oxygens (including phenoxy) is 1. The Kier molecular flexibility index (Phi) is 6.26. The molecule has 0 aromatic carbocycles. The Labute approximate surface area is 202 Å². The highest BCUT2D eigenvalue weighted by molar-refractivity contribution is 8.26. The predicted octanol–water partition coefficient (Wildman–Crippen LogP) is 2.13. The Morgan fingerprint density at radius 2 is 2.06 bits per heavy atom. The second kappa shape index (κ2) is 9.17. The average molecular weight is 486 g/mol. The molecule has 2 aromatic heterocycles. The first-order valence-corrected chi connectivity index (χ1v) is 12.5. The lowest BCUT2D eigenvalue weighted by Gasteiger charge is -2.34. The van der Waals surface area contributed by atoms with Gasteiger partial charge in [0.05, 0.1) is 23.1 Å². The van der Waals surface area contributed by atoms with E-state index in [9.17, 15) is 9.59 Å². The summed E-state index contributed by atoms with van der Waals surface area (Å²) in [6, 6.07) is 3.79. The van der Waals surface area contributed by atoms with Crippen LogP contribution in [0.15, 0.2) is 28.0 Å². The van der Waals surface area contributed by atoms with Crippen LogP contribution in [0.25, 0.3) is 11.7 Å². The van der Waals surface area contributed by atoms with Crippen molar-refractivity contribution in [1.29, 1.82) is 0 Å². The second-order valence-corrected chi connectivity index (χ2v) is 10.4. The summed E-state index contributed by atoms with van der Waals surface area (Å²) in [5, 5.41) is 0. The van der Waals surface area contributed by atoms with Crippen LogP contribution >= 0.6 is 24.0 Å². The predicted molar refractivity (Wildman–Crippen MR) is 135 cm³/mol. The van der Waals surface area contributed by atoms with Crippen molar-refractivity contribution in [1.82, 2.24) is 19.2 Å². The number of thiocarbonyl (C=S) groups is 1. The zero-order valence-electron chi connectivity index (χ0n) is 18.8. The molecule has 8 nitrogen and oxygen atoms in total. The molecule has 0 saturated carbocycles. The molecule has 3 fully saturated rings. The number of carbonyl (C=O) groups is 1. The molecule has 5 heterocycles. The molecule has 1 atom stereocenters. The van der Waals surface area contributed by atoms with Crippen molar-refractivity contribution in [2.24, 2.45) is 0 Å². The van der Waals surface area contributed by atoms with Crippen LogP contribution in [0.2, 0.25) is 0 Å². The molecular formula is C23H27N5O3S2. The maximum absolute atomic E-state index is 13.6. The summed E-state index contributed by atoms with van der Waals surface area (Å²) < 4.78 is 7.76. The first kappa shape index (κ1) is 22.5. The highest BCUT2D eigenvalue weighted by atomic mass is 32.2. The molecule has 0 spiro atoms. The SMILES string of the molecule is Cc1cccn2c(=O)c(/C=C3\SC(=S)N(CC4CCCO4)C3=O)c(N3CCN(C)CC3)nc12. The number of anilines is 1. The van der Waals surface area contributed by atoms with Crippen LogP contribution in [0.1, 0.15) is 24.0 Å². The summed E-state index contributed by atoms with van der Waals surface area (Å²) in [5.41, 5.74) is 1.82. The molecular weight excluding hydrogens is 458 g/mol. The standard InChI is InChI=1S/C23H27N5O3S2/c1-15-5-3-7-27-19(15)24-20(26-10-8-25(2)9-11-26)17(21(27)29)13-18-22(30)28(23(32)33-18)14-16-6-4-12-31-16/h3,5,7,13,16H,4,6,8-12,14H2,1-2H3/b18-13-. The van der Waals surface area contributed by atoms with E-state index in [1.165, 1.54) is 11.8 Å². The lowest BCUT2D eigenvalue weighted by molar-refractivity contribution is -0.123. The van der Waals surface area contributed by atoms with Crippen molar-refractivity contribution < 1.29 is 9.53 Å². The van der Waals surface area contributed by atoms with Gasteiger partial charge in [0.1, 0.15) is 15.8 Å². The van der Waals surface area contributed by atoms with Gasteiger partial charge in [-0.25, -0.2) is 4.98 Å². The number of hydrogen-bond acceptors (Lipinski definition) is 8. The van der Waals surface area contributed by atoms with Crippen molar-refractivity contribution in [3.8, 4) is 0 Å². The average Bonchev–Trinajstić information content (AvgIpc) is 3.41. The van der Waals surface area contributed by atoms with Gasteiger partial charge in [0.15, 0.2) is 0 Å². The van der Waals surface area contributed by atoms with Crippen LogP contribution in [-0.2, 0) is 9.53 Å². The van der Waals surface area contributed by atoms with Gasteiger partial charge >= 0.3 is 0 Å². The molecule has 33 heavy (non-hydrogen) atoms. The topological polar surface area (TPSA) is 70.4 Å². The molecule has 3 aliphatic rings. The van der Waals surface area contributed by atoms with Gasteiger partial charge in [0.2, 0.25) is 0 Å². The van der Waals surface area contributed by atoms with E-state index in [0.29, 0.717) is 32.8 Å². The number of aryl methyl sites for hydroxylation is 1. The van der Waals surface area contributed by atoms with Crippen LogP contribution in [0.4, 0.5) is 5.82 Å². The number of thioether (sulfide) groups is 1. The quantitative estimate of drug-likeness (QED) is 0.482. The summed E-state index contributed by atoms with van der Waals surface area (Å²) in [5.74, 6) is 0.463. The van der Waals surface area contributed by atoms with Gasteiger partial charge in [0.25, 0.3) is 11.5 Å². The molecule has 3 aliphatic heterocycles. The maximum Gasteiger partial charge on any atom is 0.267 e. The van der Waals surface area contributed by atoms with Crippen LogP contribution in [-0.4, -0.2) is 81.9 Å². The summed E-state index contributed by atoms with van der Waals surface area (Å²) in [4.78, 5) is 38.2. The maximum atomic E-state index is 13.6. The third-order valence-electron chi connectivity index (χ3n) is 6.43. The van der Waals surface area contributed by atoms with Crippen LogP contribution in [0.3, 0.4) is 0 Å². The molecule has 2 aromatic rings. The molecule has 1 unspecified atom stereocenters. The lowest BCUT2D eigenvalue weighted by Crippen LogP contribution is -2.45. The van der Waals surface area contributed by atoms with Crippen LogP contribution in [0.5, 0.6) is 0 Å². The normalized spacial score (nSPS) is 23.5. The number of pyridine rings is 1. The highest BCUT2D eigenvalue weighted by Gasteiger charge is 2.35. The minimum atomic E-state index is -0.179. The van der Waals surface area contributed by atoms with Gasteiger partial charge in [-0.15, -0.1) is 0 Å². The van der Waals surface area contributed by atoms with Gasteiger partial charge in [0, 0.05) is 39.0 Å². The number of rotatable bonds is 4. The summed E-state index contributed by atoms with van der Waals surface area (Å²) in [7, 11) is 2.09. The number of amides is 1. The van der Waals surface area contributed by atoms with E-state index >= 15 is 0 Å². The number of carbonyl (C=O) groups excluding carboxylic acids is 1. The zero-order valence-corrected chi connectivity index (χ0v) is 20.5. The molecule has 0 bridgehead atoms. The Bertz CT molecular complexity index is 1200. The van der Waals surface area contributed by atoms with Crippen LogP contribution < -0.4 is 10.5 Å². The fraction of sp³-hybridized carbons (Fsp3) is 0.478. The Balaban J connectivity index is 1.56. The monoisotopic (exact) mass is 485 g/mol. The largest absolute Gasteiger partial charge is 0.376 e. The fourth-order valence-electron chi connectivity index (χ4n) is 4.47. The van der Waals surface area contributed by atoms with E-state index in [1.807, 2.05) is 19.1 Å². The summed E-state index contributed by atoms with van der Waals surface area (Å²) in [6.45, 7) is 6.45. The van der Waals surface area contributed by atoms with Gasteiger partial charge in [-0.2, -0.15) is 0 Å². The number of hydrogen-bond donors (Lipinski definition) is 0. The van der Waals surface area contributed by atoms with Crippen molar-refractivity contribution in [3.63, 3.8) is 0 Å². The van der Waals surface area contributed by atoms with Crippen molar-refractivity contribution >= 4 is 51.7 Å². The lowest BCUT2D eigenvalue weighted by atomic mass is 10.2. The van der Waals surface area contributed by atoms with E-state index in [-0.39, 0.29) is 17.6 Å². The minimum absolute atomic E-state index is 0.0173. The molecule has 174 valence electrons. The first-order valence-electron chi connectivity index (χ1n) is 11.2. The second-order valence-electron chi connectivity index (χ2n) is 8.76. The summed E-state index contributed by atoms with van der Waals surface area (Å²) in [6.07, 6.45) is 5.36. The molecule has 3 saturated heterocycles. The van der Waals surface area contributed by atoms with Crippen molar-refractivity contribution in [2.45, 2.75) is 25.9 Å². The molecule has 1 amide bonds. The first-order chi connectivity index (χ1) is 15.9. The molecule has 0 aliphatic carbocycles. The van der Waals surface area contributed by atoms with Gasteiger partial charge in [-0.1, -0.05) is 30.0 Å². The number of nitrogens with zero attached hydrogens (tertiary/aromatic N) is 5. The minimum Gasteiger partial charge on any atom is -0.376 e.